The van der Waals surface area contributed by atoms with Crippen molar-refractivity contribution in [2.75, 3.05) is 10.2 Å². The van der Waals surface area contributed by atoms with Crippen LogP contribution in [-0.2, 0) is 6.42 Å². The summed E-state index contributed by atoms with van der Waals surface area (Å²) in [5.74, 6) is 0.642. The van der Waals surface area contributed by atoms with Crippen molar-refractivity contribution in [3.63, 3.8) is 0 Å². The highest BCUT2D eigenvalue weighted by molar-refractivity contribution is 6.11. The van der Waals surface area contributed by atoms with Crippen LogP contribution in [0.1, 0.15) is 40.1 Å². The third-order valence-electron chi connectivity index (χ3n) is 4.80. The average Bonchev–Trinajstić information content (AvgIpc) is 2.94. The van der Waals surface area contributed by atoms with Crippen LogP contribution >= 0.6 is 0 Å². The molecule has 1 N–H and O–H groups in total. The van der Waals surface area contributed by atoms with E-state index in [1.54, 1.807) is 11.1 Å². The SMILES string of the molecule is CCc1ccccc1N[C@H]1c2ccccc2C(=O)N1c1cc(C)ccn1. The number of nitrogens with one attached hydrogen (secondary N) is 1. The van der Waals surface area contributed by atoms with Gasteiger partial charge in [0.25, 0.3) is 5.91 Å². The van der Waals surface area contributed by atoms with E-state index < -0.39 is 0 Å². The van der Waals surface area contributed by atoms with Gasteiger partial charge in [-0.25, -0.2) is 4.98 Å². The first-order chi connectivity index (χ1) is 12.7. The molecule has 0 saturated carbocycles. The van der Waals surface area contributed by atoms with E-state index in [1.165, 1.54) is 5.56 Å². The fourth-order valence-corrected chi connectivity index (χ4v) is 3.46. The van der Waals surface area contributed by atoms with Gasteiger partial charge < -0.3 is 5.32 Å². The summed E-state index contributed by atoms with van der Waals surface area (Å²) in [6.07, 6.45) is 2.40. The van der Waals surface area contributed by atoms with Crippen molar-refractivity contribution in [3.05, 3.63) is 89.1 Å². The van der Waals surface area contributed by atoms with E-state index in [4.69, 9.17) is 0 Å². The van der Waals surface area contributed by atoms with Gasteiger partial charge in [0.15, 0.2) is 0 Å². The number of carbonyl (C=O) groups is 1. The second-order valence-corrected chi connectivity index (χ2v) is 6.51. The van der Waals surface area contributed by atoms with Crippen LogP contribution in [0, 0.1) is 6.92 Å². The maximum absolute atomic E-state index is 13.1. The molecule has 1 atom stereocenters. The average molecular weight is 343 g/mol. The van der Waals surface area contributed by atoms with Crippen LogP contribution in [0.25, 0.3) is 0 Å². The molecule has 0 radical (unpaired) electrons. The lowest BCUT2D eigenvalue weighted by Gasteiger charge is -2.27. The third-order valence-corrected chi connectivity index (χ3v) is 4.80. The number of para-hydroxylation sites is 1. The maximum atomic E-state index is 13.1. The maximum Gasteiger partial charge on any atom is 0.261 e. The number of rotatable bonds is 4. The fraction of sp³-hybridized carbons (Fsp3) is 0.182. The highest BCUT2D eigenvalue weighted by Crippen LogP contribution is 2.37. The third kappa shape index (κ3) is 2.73. The molecule has 0 unspecified atom stereocenters. The first kappa shape index (κ1) is 16.3. The number of pyridine rings is 1. The minimum atomic E-state index is -0.277. The lowest BCUT2D eigenvalue weighted by molar-refractivity contribution is 0.0992. The van der Waals surface area contributed by atoms with Gasteiger partial charge in [0.2, 0.25) is 0 Å². The van der Waals surface area contributed by atoms with Crippen LogP contribution in [0.2, 0.25) is 0 Å². The van der Waals surface area contributed by atoms with Crippen LogP contribution < -0.4 is 10.2 Å². The summed E-state index contributed by atoms with van der Waals surface area (Å²) in [7, 11) is 0. The van der Waals surface area contributed by atoms with Crippen LogP contribution in [0.4, 0.5) is 11.5 Å². The number of amides is 1. The minimum absolute atomic E-state index is 0.0230. The Hall–Kier alpha value is -3.14. The number of carbonyl (C=O) groups excluding carboxylic acids is 1. The van der Waals surface area contributed by atoms with Gasteiger partial charge in [-0.05, 0) is 48.7 Å². The summed E-state index contributed by atoms with van der Waals surface area (Å²) in [6, 6.07) is 19.9. The largest absolute Gasteiger partial charge is 0.361 e. The lowest BCUT2D eigenvalue weighted by Crippen LogP contribution is -2.33. The van der Waals surface area contributed by atoms with Crippen molar-refractivity contribution >= 4 is 17.4 Å². The monoisotopic (exact) mass is 343 g/mol. The summed E-state index contributed by atoms with van der Waals surface area (Å²) >= 11 is 0. The number of nitrogens with zero attached hydrogens (tertiary/aromatic N) is 2. The second kappa shape index (κ2) is 6.64. The Bertz CT molecular complexity index is 967. The molecule has 2 heterocycles. The number of anilines is 2. The van der Waals surface area contributed by atoms with Crippen molar-refractivity contribution in [1.82, 2.24) is 4.98 Å². The van der Waals surface area contributed by atoms with Crippen LogP contribution in [0.15, 0.2) is 66.9 Å². The predicted molar refractivity (Wildman–Crippen MR) is 104 cm³/mol. The van der Waals surface area contributed by atoms with Crippen LogP contribution in [0.5, 0.6) is 0 Å². The van der Waals surface area contributed by atoms with Gasteiger partial charge in [-0.1, -0.05) is 43.3 Å². The van der Waals surface area contributed by atoms with Gasteiger partial charge in [-0.15, -0.1) is 0 Å². The van der Waals surface area contributed by atoms with Crippen molar-refractivity contribution < 1.29 is 4.79 Å². The molecule has 1 aliphatic rings. The molecular weight excluding hydrogens is 322 g/mol. The summed E-state index contributed by atoms with van der Waals surface area (Å²) < 4.78 is 0. The molecular formula is C22H21N3O. The van der Waals surface area contributed by atoms with Crippen LogP contribution in [-0.4, -0.2) is 10.9 Å². The Labute approximate surface area is 153 Å². The Balaban J connectivity index is 1.81. The molecule has 4 nitrogen and oxygen atoms in total. The molecule has 26 heavy (non-hydrogen) atoms. The zero-order chi connectivity index (χ0) is 18.1. The Morgan fingerprint density at radius 2 is 1.85 bits per heavy atom. The highest BCUT2D eigenvalue weighted by Gasteiger charge is 2.38. The van der Waals surface area contributed by atoms with E-state index in [0.29, 0.717) is 5.82 Å². The normalized spacial score (nSPS) is 15.8. The summed E-state index contributed by atoms with van der Waals surface area (Å²) in [6.45, 7) is 4.14. The van der Waals surface area contributed by atoms with Gasteiger partial charge in [-0.2, -0.15) is 0 Å². The minimum Gasteiger partial charge on any atom is -0.361 e. The van der Waals surface area contributed by atoms with Crippen molar-refractivity contribution in [2.45, 2.75) is 26.4 Å². The van der Waals surface area contributed by atoms with E-state index >= 15 is 0 Å². The summed E-state index contributed by atoms with van der Waals surface area (Å²) in [5.41, 5.74) is 5.05. The molecule has 4 rings (SSSR count). The molecule has 1 aliphatic heterocycles. The number of fused-ring (bicyclic) bond motifs is 1. The molecule has 4 heteroatoms. The molecule has 0 aliphatic carbocycles. The second-order valence-electron chi connectivity index (χ2n) is 6.51. The smallest absolute Gasteiger partial charge is 0.261 e. The van der Waals surface area contributed by atoms with Gasteiger partial charge in [0.1, 0.15) is 12.0 Å². The van der Waals surface area contributed by atoms with Crippen molar-refractivity contribution in [1.29, 1.82) is 0 Å². The van der Waals surface area contributed by atoms with E-state index in [2.05, 4.69) is 29.4 Å². The van der Waals surface area contributed by atoms with Crippen LogP contribution in [0.3, 0.4) is 0 Å². The number of hydrogen-bond acceptors (Lipinski definition) is 3. The zero-order valence-electron chi connectivity index (χ0n) is 14.9. The van der Waals surface area contributed by atoms with E-state index in [1.807, 2.05) is 55.5 Å². The molecule has 0 spiro atoms. The highest BCUT2D eigenvalue weighted by atomic mass is 16.2. The van der Waals surface area contributed by atoms with Crippen molar-refractivity contribution in [3.8, 4) is 0 Å². The Kier molecular flexibility index (Phi) is 4.17. The number of benzene rings is 2. The quantitative estimate of drug-likeness (QED) is 0.745. The van der Waals surface area contributed by atoms with Gasteiger partial charge in [0, 0.05) is 23.0 Å². The first-order valence-corrected chi connectivity index (χ1v) is 8.88. The molecule has 0 saturated heterocycles. The first-order valence-electron chi connectivity index (χ1n) is 8.88. The van der Waals surface area contributed by atoms with E-state index in [-0.39, 0.29) is 12.1 Å². The summed E-state index contributed by atoms with van der Waals surface area (Å²) in [4.78, 5) is 19.3. The summed E-state index contributed by atoms with van der Waals surface area (Å²) in [5, 5.41) is 3.58. The fourth-order valence-electron chi connectivity index (χ4n) is 3.46. The van der Waals surface area contributed by atoms with Gasteiger partial charge in [-0.3, -0.25) is 9.69 Å². The van der Waals surface area contributed by atoms with Gasteiger partial charge >= 0.3 is 0 Å². The molecule has 0 bridgehead atoms. The lowest BCUT2D eigenvalue weighted by atomic mass is 10.1. The number of aromatic nitrogens is 1. The molecule has 130 valence electrons. The topological polar surface area (TPSA) is 45.2 Å². The molecule has 3 aromatic rings. The molecule has 1 aromatic heterocycles. The number of aryl methyl sites for hydroxylation is 2. The predicted octanol–water partition coefficient (Wildman–Crippen LogP) is 4.72. The van der Waals surface area contributed by atoms with Crippen molar-refractivity contribution in [2.24, 2.45) is 0 Å². The zero-order valence-corrected chi connectivity index (χ0v) is 14.9. The Morgan fingerprint density at radius 1 is 1.08 bits per heavy atom. The Morgan fingerprint density at radius 3 is 2.65 bits per heavy atom. The molecule has 1 amide bonds. The van der Waals surface area contributed by atoms with E-state index in [0.717, 1.165) is 28.8 Å². The number of hydrogen-bond donors (Lipinski definition) is 1. The molecule has 0 fully saturated rings. The van der Waals surface area contributed by atoms with Gasteiger partial charge in [0.05, 0.1) is 0 Å². The molecule has 2 aromatic carbocycles. The standard InChI is InChI=1S/C22H21N3O/c1-3-16-8-4-7-11-19(16)24-21-17-9-5-6-10-18(17)22(26)25(21)20-14-15(2)12-13-23-20/h4-14,21,24H,3H2,1-2H3/t21-/m1/s1. The van der Waals surface area contributed by atoms with E-state index in [9.17, 15) is 4.79 Å².